The van der Waals surface area contributed by atoms with Crippen LogP contribution in [0.25, 0.3) is 0 Å². The van der Waals surface area contributed by atoms with Gasteiger partial charge in [0.2, 0.25) is 5.13 Å². The Balaban J connectivity index is 1.69. The fourth-order valence-electron chi connectivity index (χ4n) is 2.06. The number of aromatic nitrogens is 1. The number of hydrazone groups is 1. The van der Waals surface area contributed by atoms with Crippen LogP contribution in [0.15, 0.2) is 65.2 Å². The molecule has 0 aliphatic rings. The second-order valence-electron chi connectivity index (χ2n) is 4.89. The molecule has 0 amide bonds. The monoisotopic (exact) mass is 339 g/mol. The van der Waals surface area contributed by atoms with Crippen LogP contribution in [0.5, 0.6) is 11.5 Å². The lowest BCUT2D eigenvalue weighted by molar-refractivity contribution is 0.284. The molecule has 0 radical (unpaired) electrons. The van der Waals surface area contributed by atoms with Gasteiger partial charge in [0.15, 0.2) is 11.5 Å². The minimum atomic E-state index is 0.481. The molecule has 0 spiro atoms. The van der Waals surface area contributed by atoms with Crippen molar-refractivity contribution in [3.05, 3.63) is 71.2 Å². The first-order valence-corrected chi connectivity index (χ1v) is 8.26. The van der Waals surface area contributed by atoms with Crippen molar-refractivity contribution in [3.63, 3.8) is 0 Å². The Kier molecular flexibility index (Phi) is 5.42. The van der Waals surface area contributed by atoms with E-state index in [1.807, 2.05) is 53.9 Å². The Hall–Kier alpha value is -2.86. The maximum atomic E-state index is 5.89. The van der Waals surface area contributed by atoms with Crippen molar-refractivity contribution in [3.8, 4) is 11.5 Å². The van der Waals surface area contributed by atoms with Crippen LogP contribution in [-0.4, -0.2) is 18.3 Å². The maximum Gasteiger partial charge on any atom is 0.203 e. The van der Waals surface area contributed by atoms with Gasteiger partial charge in [-0.1, -0.05) is 30.3 Å². The molecule has 0 atom stereocenters. The Morgan fingerprint density at radius 3 is 2.79 bits per heavy atom. The number of ether oxygens (including phenoxy) is 2. The average Bonchev–Trinajstić information content (AvgIpc) is 3.14. The van der Waals surface area contributed by atoms with E-state index in [2.05, 4.69) is 15.5 Å². The zero-order chi connectivity index (χ0) is 16.6. The van der Waals surface area contributed by atoms with E-state index >= 15 is 0 Å². The van der Waals surface area contributed by atoms with Gasteiger partial charge in [0.1, 0.15) is 6.61 Å². The van der Waals surface area contributed by atoms with Crippen LogP contribution in [0.3, 0.4) is 0 Å². The summed E-state index contributed by atoms with van der Waals surface area (Å²) in [5.41, 5.74) is 4.89. The second kappa shape index (κ2) is 8.12. The third-order valence-corrected chi connectivity index (χ3v) is 3.91. The van der Waals surface area contributed by atoms with Crippen LogP contribution in [0.1, 0.15) is 11.1 Å². The molecule has 1 heterocycles. The van der Waals surface area contributed by atoms with E-state index in [1.165, 1.54) is 11.3 Å². The van der Waals surface area contributed by atoms with E-state index in [1.54, 1.807) is 19.5 Å². The van der Waals surface area contributed by atoms with Crippen molar-refractivity contribution < 1.29 is 9.47 Å². The topological polar surface area (TPSA) is 55.7 Å². The largest absolute Gasteiger partial charge is 0.493 e. The fourth-order valence-corrected chi connectivity index (χ4v) is 2.54. The van der Waals surface area contributed by atoms with Gasteiger partial charge in [-0.3, -0.25) is 5.43 Å². The van der Waals surface area contributed by atoms with Crippen LogP contribution in [0.4, 0.5) is 5.13 Å². The third-order valence-electron chi connectivity index (χ3n) is 3.23. The van der Waals surface area contributed by atoms with Gasteiger partial charge in [-0.15, -0.1) is 11.3 Å². The first-order chi connectivity index (χ1) is 11.8. The van der Waals surface area contributed by atoms with Crippen LogP contribution in [-0.2, 0) is 6.61 Å². The molecular weight excluding hydrogens is 322 g/mol. The van der Waals surface area contributed by atoms with E-state index in [4.69, 9.17) is 9.47 Å². The van der Waals surface area contributed by atoms with Crippen molar-refractivity contribution in [2.75, 3.05) is 12.5 Å². The third kappa shape index (κ3) is 4.33. The van der Waals surface area contributed by atoms with Gasteiger partial charge in [0.25, 0.3) is 0 Å². The highest BCUT2D eigenvalue weighted by molar-refractivity contribution is 7.13. The SMILES string of the molecule is COc1ccc(/C=N/Nc2nccs2)cc1OCc1ccccc1. The van der Waals surface area contributed by atoms with E-state index in [9.17, 15) is 0 Å². The van der Waals surface area contributed by atoms with E-state index < -0.39 is 0 Å². The molecule has 0 fully saturated rings. The summed E-state index contributed by atoms with van der Waals surface area (Å²) in [5.74, 6) is 1.37. The van der Waals surface area contributed by atoms with E-state index in [0.717, 1.165) is 16.3 Å². The fraction of sp³-hybridized carbons (Fsp3) is 0.111. The molecule has 0 aliphatic carbocycles. The van der Waals surface area contributed by atoms with E-state index in [0.29, 0.717) is 18.1 Å². The van der Waals surface area contributed by atoms with Crippen molar-refractivity contribution in [2.24, 2.45) is 5.10 Å². The molecule has 6 heteroatoms. The highest BCUT2D eigenvalue weighted by Gasteiger charge is 2.05. The number of hydrogen-bond acceptors (Lipinski definition) is 6. The molecule has 122 valence electrons. The number of nitrogens with zero attached hydrogens (tertiary/aromatic N) is 2. The molecule has 24 heavy (non-hydrogen) atoms. The van der Waals surface area contributed by atoms with Crippen LogP contribution >= 0.6 is 11.3 Å². The highest BCUT2D eigenvalue weighted by Crippen LogP contribution is 2.28. The number of thiazole rings is 1. The number of methoxy groups -OCH3 is 1. The highest BCUT2D eigenvalue weighted by atomic mass is 32.1. The van der Waals surface area contributed by atoms with Crippen molar-refractivity contribution >= 4 is 22.7 Å². The molecule has 0 bridgehead atoms. The Bertz CT molecular complexity index is 789. The summed E-state index contributed by atoms with van der Waals surface area (Å²) in [6, 6.07) is 15.7. The number of hydrogen-bond donors (Lipinski definition) is 1. The molecule has 0 unspecified atom stereocenters. The molecule has 0 aliphatic heterocycles. The molecule has 0 saturated heterocycles. The quantitative estimate of drug-likeness (QED) is 0.518. The molecule has 0 saturated carbocycles. The van der Waals surface area contributed by atoms with Crippen LogP contribution < -0.4 is 14.9 Å². The van der Waals surface area contributed by atoms with Crippen LogP contribution in [0, 0.1) is 0 Å². The summed E-state index contributed by atoms with van der Waals surface area (Å²) >= 11 is 1.49. The lowest BCUT2D eigenvalue weighted by Gasteiger charge is -2.11. The standard InChI is InChI=1S/C18H17N3O2S/c1-22-16-8-7-15(12-20-21-18-19-9-10-24-18)11-17(16)23-13-14-5-3-2-4-6-14/h2-12H,13H2,1H3,(H,19,21)/b20-12+. The predicted octanol–water partition coefficient (Wildman–Crippen LogP) is 4.18. The smallest absolute Gasteiger partial charge is 0.203 e. The Morgan fingerprint density at radius 1 is 1.17 bits per heavy atom. The first-order valence-electron chi connectivity index (χ1n) is 7.38. The Morgan fingerprint density at radius 2 is 2.04 bits per heavy atom. The van der Waals surface area contributed by atoms with Crippen LogP contribution in [0.2, 0.25) is 0 Å². The number of rotatable bonds is 7. The average molecular weight is 339 g/mol. The van der Waals surface area contributed by atoms with Gasteiger partial charge < -0.3 is 9.47 Å². The van der Waals surface area contributed by atoms with Gasteiger partial charge in [0, 0.05) is 11.6 Å². The van der Waals surface area contributed by atoms with Gasteiger partial charge >= 0.3 is 0 Å². The van der Waals surface area contributed by atoms with Gasteiger partial charge in [-0.2, -0.15) is 5.10 Å². The molecule has 1 aromatic heterocycles. The predicted molar refractivity (Wildman–Crippen MR) is 97.1 cm³/mol. The lowest BCUT2D eigenvalue weighted by atomic mass is 10.2. The van der Waals surface area contributed by atoms with Crippen molar-refractivity contribution in [1.82, 2.24) is 4.98 Å². The molecule has 3 rings (SSSR count). The normalized spacial score (nSPS) is 10.7. The molecule has 2 aromatic carbocycles. The number of nitrogens with one attached hydrogen (secondary N) is 1. The molecular formula is C18H17N3O2S. The summed E-state index contributed by atoms with van der Waals surface area (Å²) in [6.45, 7) is 0.481. The van der Waals surface area contributed by atoms with Gasteiger partial charge in [0.05, 0.1) is 13.3 Å². The van der Waals surface area contributed by atoms with Gasteiger partial charge in [-0.25, -0.2) is 4.98 Å². The summed E-state index contributed by atoms with van der Waals surface area (Å²) in [7, 11) is 1.63. The Labute approximate surface area is 144 Å². The summed E-state index contributed by atoms with van der Waals surface area (Å²) in [4.78, 5) is 4.10. The van der Waals surface area contributed by atoms with Crippen molar-refractivity contribution in [2.45, 2.75) is 6.61 Å². The zero-order valence-electron chi connectivity index (χ0n) is 13.2. The minimum absolute atomic E-state index is 0.481. The van der Waals surface area contributed by atoms with E-state index in [-0.39, 0.29) is 0 Å². The molecule has 3 aromatic rings. The molecule has 5 nitrogen and oxygen atoms in total. The number of anilines is 1. The first kappa shape index (κ1) is 16.0. The summed E-state index contributed by atoms with van der Waals surface area (Å²) < 4.78 is 11.2. The lowest BCUT2D eigenvalue weighted by Crippen LogP contribution is -1.98. The van der Waals surface area contributed by atoms with Crippen molar-refractivity contribution in [1.29, 1.82) is 0 Å². The second-order valence-corrected chi connectivity index (χ2v) is 5.79. The zero-order valence-corrected chi connectivity index (χ0v) is 14.0. The maximum absolute atomic E-state index is 5.89. The minimum Gasteiger partial charge on any atom is -0.493 e. The number of benzene rings is 2. The summed E-state index contributed by atoms with van der Waals surface area (Å²) in [6.07, 6.45) is 3.45. The molecule has 1 N–H and O–H groups in total. The van der Waals surface area contributed by atoms with Gasteiger partial charge in [-0.05, 0) is 29.3 Å². The summed E-state index contributed by atoms with van der Waals surface area (Å²) in [5, 5.41) is 6.82.